The molecule has 27 heavy (non-hydrogen) atoms. The second-order valence-corrected chi connectivity index (χ2v) is 8.56. The third kappa shape index (κ3) is 6.06. The molecule has 154 valence electrons. The average Bonchev–Trinajstić information content (AvgIpc) is 2.80. The Kier molecular flexibility index (Phi) is 6.77. The van der Waals surface area contributed by atoms with Crippen molar-refractivity contribution in [1.29, 1.82) is 0 Å². The molecule has 1 aliphatic rings. The molecule has 0 spiro atoms. The second kappa shape index (κ2) is 8.33. The molecule has 1 fully saturated rings. The number of nitrogens with one attached hydrogen (secondary N) is 1. The van der Waals surface area contributed by atoms with E-state index < -0.39 is 50.2 Å². The standard InChI is InChI=1S/C14H24N3O9P/c1-17(2,3)6-7-24-27(22,23)25-8-9-11(19)12(20)13(26-9)16-5-4-10(18)15-14(16)21/h4-5,9,11-13,19-20H,6-8H2,1-3H3,(H-,15,18,21,22,23)/t9-,11?,12+,13-/m1/s1. The molecule has 13 heteroatoms. The number of aliphatic hydroxyl groups is 2. The third-order valence-corrected chi connectivity index (χ3v) is 4.84. The van der Waals surface area contributed by atoms with Crippen molar-refractivity contribution in [2.24, 2.45) is 0 Å². The molecule has 3 N–H and O–H groups in total. The Balaban J connectivity index is 1.96. The number of aliphatic hydroxyl groups excluding tert-OH is 2. The SMILES string of the molecule is C[N+](C)(C)CCOP(=O)([O-])OC[C@H]1O[C@@H](n2ccc(=O)[nH]c2=O)[C@@H](O)C1O. The summed E-state index contributed by atoms with van der Waals surface area (Å²) in [6, 6.07) is 1.04. The zero-order valence-corrected chi connectivity index (χ0v) is 16.1. The Morgan fingerprint density at radius 1 is 1.30 bits per heavy atom. The predicted molar refractivity (Wildman–Crippen MR) is 89.7 cm³/mol. The van der Waals surface area contributed by atoms with E-state index in [0.29, 0.717) is 11.0 Å². The number of likely N-dealkylation sites (N-methyl/N-ethyl adjacent to an activating group) is 1. The van der Waals surface area contributed by atoms with E-state index in [1.54, 1.807) is 0 Å². The number of quaternary nitrogens is 1. The first kappa shape index (κ1) is 21.9. The Hall–Kier alpha value is -1.37. The lowest BCUT2D eigenvalue weighted by Crippen LogP contribution is -2.38. The number of phosphoric ester groups is 1. The van der Waals surface area contributed by atoms with Gasteiger partial charge in [0.2, 0.25) is 0 Å². The van der Waals surface area contributed by atoms with Gasteiger partial charge >= 0.3 is 5.69 Å². The lowest BCUT2D eigenvalue weighted by Gasteiger charge is -2.28. The van der Waals surface area contributed by atoms with E-state index in [-0.39, 0.29) is 6.61 Å². The highest BCUT2D eigenvalue weighted by Crippen LogP contribution is 2.40. The Bertz CT molecular complexity index is 802. The quantitative estimate of drug-likeness (QED) is 0.308. The molecule has 0 aromatic carbocycles. The number of hydrogen-bond acceptors (Lipinski definition) is 9. The Morgan fingerprint density at radius 3 is 2.56 bits per heavy atom. The fourth-order valence-electron chi connectivity index (χ4n) is 2.35. The first-order chi connectivity index (χ1) is 12.4. The molecule has 1 aromatic heterocycles. The Labute approximate surface area is 154 Å². The second-order valence-electron chi connectivity index (χ2n) is 7.15. The van der Waals surface area contributed by atoms with Gasteiger partial charge in [0, 0.05) is 12.3 Å². The van der Waals surface area contributed by atoms with E-state index in [4.69, 9.17) is 13.8 Å². The maximum atomic E-state index is 11.8. The van der Waals surface area contributed by atoms with E-state index in [1.165, 1.54) is 0 Å². The molecule has 0 saturated carbocycles. The van der Waals surface area contributed by atoms with Gasteiger partial charge in [0.05, 0.1) is 27.7 Å². The van der Waals surface area contributed by atoms with Gasteiger partial charge < -0.3 is 33.4 Å². The Morgan fingerprint density at radius 2 is 1.96 bits per heavy atom. The molecule has 0 aliphatic carbocycles. The van der Waals surface area contributed by atoms with Gasteiger partial charge in [-0.15, -0.1) is 0 Å². The number of phosphoric acid groups is 1. The van der Waals surface area contributed by atoms with Crippen molar-refractivity contribution in [2.45, 2.75) is 24.5 Å². The van der Waals surface area contributed by atoms with Crippen molar-refractivity contribution < 1.29 is 37.9 Å². The molecule has 2 heterocycles. The number of hydrogen-bond donors (Lipinski definition) is 3. The van der Waals surface area contributed by atoms with Crippen LogP contribution in [0.25, 0.3) is 0 Å². The van der Waals surface area contributed by atoms with Crippen LogP contribution in [0.15, 0.2) is 21.9 Å². The number of nitrogens with zero attached hydrogens (tertiary/aromatic N) is 2. The summed E-state index contributed by atoms with van der Waals surface area (Å²) in [6.07, 6.45) is -4.50. The number of ether oxygens (including phenoxy) is 1. The van der Waals surface area contributed by atoms with Crippen LogP contribution in [-0.4, -0.2) is 83.5 Å². The summed E-state index contributed by atoms with van der Waals surface area (Å²) in [6.45, 7) is -0.275. The van der Waals surface area contributed by atoms with Gasteiger partial charge in [-0.3, -0.25) is 18.9 Å². The van der Waals surface area contributed by atoms with Crippen LogP contribution in [0.5, 0.6) is 0 Å². The maximum Gasteiger partial charge on any atom is 0.330 e. The topological polar surface area (TPSA) is 163 Å². The number of aromatic nitrogens is 2. The molecular weight excluding hydrogens is 385 g/mol. The monoisotopic (exact) mass is 409 g/mol. The summed E-state index contributed by atoms with van der Waals surface area (Å²) in [5.41, 5.74) is -1.49. The van der Waals surface area contributed by atoms with Crippen LogP contribution in [0.1, 0.15) is 6.23 Å². The fraction of sp³-hybridized carbons (Fsp3) is 0.714. The fourth-order valence-corrected chi connectivity index (χ4v) is 3.06. The molecule has 1 aliphatic heterocycles. The van der Waals surface area contributed by atoms with Gasteiger partial charge in [-0.1, -0.05) is 0 Å². The van der Waals surface area contributed by atoms with Crippen molar-refractivity contribution >= 4 is 7.82 Å². The first-order valence-electron chi connectivity index (χ1n) is 8.13. The molecule has 0 amide bonds. The van der Waals surface area contributed by atoms with Gasteiger partial charge in [0.15, 0.2) is 6.23 Å². The zero-order valence-electron chi connectivity index (χ0n) is 15.2. The molecule has 1 saturated heterocycles. The largest absolute Gasteiger partial charge is 0.756 e. The lowest BCUT2D eigenvalue weighted by molar-refractivity contribution is -0.870. The lowest BCUT2D eigenvalue weighted by atomic mass is 10.1. The summed E-state index contributed by atoms with van der Waals surface area (Å²) in [5, 5.41) is 20.1. The first-order valence-corrected chi connectivity index (χ1v) is 9.59. The van der Waals surface area contributed by atoms with Crippen molar-refractivity contribution in [3.63, 3.8) is 0 Å². The maximum absolute atomic E-state index is 11.8. The van der Waals surface area contributed by atoms with E-state index >= 15 is 0 Å². The predicted octanol–water partition coefficient (Wildman–Crippen LogP) is -2.64. The average molecular weight is 409 g/mol. The van der Waals surface area contributed by atoms with E-state index in [0.717, 1.165) is 16.8 Å². The van der Waals surface area contributed by atoms with Crippen LogP contribution >= 0.6 is 7.82 Å². The van der Waals surface area contributed by atoms with Gasteiger partial charge in [-0.2, -0.15) is 0 Å². The van der Waals surface area contributed by atoms with E-state index in [9.17, 15) is 29.3 Å². The van der Waals surface area contributed by atoms with Gasteiger partial charge in [0.1, 0.15) is 31.5 Å². The van der Waals surface area contributed by atoms with Crippen molar-refractivity contribution in [2.75, 3.05) is 40.9 Å². The zero-order chi connectivity index (χ0) is 20.4. The highest BCUT2D eigenvalue weighted by Gasteiger charge is 2.44. The summed E-state index contributed by atoms with van der Waals surface area (Å²) in [5.74, 6) is 0. The van der Waals surface area contributed by atoms with Gasteiger partial charge in [-0.25, -0.2) is 4.79 Å². The van der Waals surface area contributed by atoms with Crippen LogP contribution in [0.2, 0.25) is 0 Å². The van der Waals surface area contributed by atoms with Crippen LogP contribution < -0.4 is 16.1 Å². The van der Waals surface area contributed by atoms with Crippen LogP contribution in [0, 0.1) is 0 Å². The highest BCUT2D eigenvalue weighted by molar-refractivity contribution is 7.45. The molecular formula is C14H24N3O9P. The minimum absolute atomic E-state index is 0.0869. The molecule has 1 aromatic rings. The minimum atomic E-state index is -4.63. The van der Waals surface area contributed by atoms with Gasteiger partial charge in [-0.05, 0) is 0 Å². The number of aromatic amines is 1. The molecule has 2 unspecified atom stereocenters. The molecule has 12 nitrogen and oxygen atoms in total. The normalized spacial score (nSPS) is 28.2. The minimum Gasteiger partial charge on any atom is -0.756 e. The van der Waals surface area contributed by atoms with Gasteiger partial charge in [0.25, 0.3) is 13.4 Å². The molecule has 5 atom stereocenters. The van der Waals surface area contributed by atoms with Crippen LogP contribution in [0.4, 0.5) is 0 Å². The van der Waals surface area contributed by atoms with Crippen molar-refractivity contribution in [1.82, 2.24) is 9.55 Å². The smallest absolute Gasteiger partial charge is 0.330 e. The summed E-state index contributed by atoms with van der Waals surface area (Å²) in [7, 11) is 0.958. The van der Waals surface area contributed by atoms with Crippen LogP contribution in [-0.2, 0) is 18.3 Å². The summed E-state index contributed by atoms with van der Waals surface area (Å²) < 4.78 is 28.0. The van der Waals surface area contributed by atoms with Crippen molar-refractivity contribution in [3.8, 4) is 0 Å². The highest BCUT2D eigenvalue weighted by atomic mass is 31.2. The molecule has 0 bridgehead atoms. The molecule has 2 rings (SSSR count). The van der Waals surface area contributed by atoms with E-state index in [1.807, 2.05) is 26.1 Å². The van der Waals surface area contributed by atoms with E-state index in [2.05, 4.69) is 0 Å². The van der Waals surface area contributed by atoms with Crippen molar-refractivity contribution in [3.05, 3.63) is 33.1 Å². The number of rotatable bonds is 8. The molecule has 0 radical (unpaired) electrons. The third-order valence-electron chi connectivity index (χ3n) is 3.87. The summed E-state index contributed by atoms with van der Waals surface area (Å²) in [4.78, 5) is 36.7. The number of H-pyrrole nitrogens is 1. The van der Waals surface area contributed by atoms with Crippen LogP contribution in [0.3, 0.4) is 0 Å². The summed E-state index contributed by atoms with van der Waals surface area (Å²) >= 11 is 0.